The quantitative estimate of drug-likeness (QED) is 0.816. The molecule has 7 heteroatoms. The Hall–Kier alpha value is -3.09. The predicted molar refractivity (Wildman–Crippen MR) is 90.8 cm³/mol. The summed E-state index contributed by atoms with van der Waals surface area (Å²) in [6.07, 6.45) is 2.33. The number of aryl methyl sites for hydroxylation is 1. The van der Waals surface area contributed by atoms with Crippen molar-refractivity contribution >= 4 is 23.5 Å². The summed E-state index contributed by atoms with van der Waals surface area (Å²) in [5.41, 5.74) is 0.466. The van der Waals surface area contributed by atoms with E-state index in [4.69, 9.17) is 4.42 Å². The van der Waals surface area contributed by atoms with Gasteiger partial charge in [0.1, 0.15) is 12.3 Å². The molecule has 1 aromatic heterocycles. The van der Waals surface area contributed by atoms with Crippen LogP contribution in [0.4, 0.5) is 10.5 Å². The fourth-order valence-electron chi connectivity index (χ4n) is 2.74. The number of furan rings is 1. The molecule has 0 bridgehead atoms. The summed E-state index contributed by atoms with van der Waals surface area (Å²) in [5.74, 6) is -0.649. The van der Waals surface area contributed by atoms with E-state index < -0.39 is 23.4 Å². The molecule has 2 N–H and O–H groups in total. The molecule has 0 unspecified atom stereocenters. The van der Waals surface area contributed by atoms with E-state index in [-0.39, 0.29) is 6.54 Å². The van der Waals surface area contributed by atoms with Crippen LogP contribution in [0.2, 0.25) is 0 Å². The third-order valence-corrected chi connectivity index (χ3v) is 4.24. The highest BCUT2D eigenvalue weighted by molar-refractivity contribution is 6.09. The summed E-state index contributed by atoms with van der Waals surface area (Å²) in [7, 11) is 0. The van der Waals surface area contributed by atoms with Crippen molar-refractivity contribution in [2.45, 2.75) is 25.8 Å². The summed E-state index contributed by atoms with van der Waals surface area (Å²) in [5, 5.41) is 5.27. The Morgan fingerprint density at radius 1 is 1.24 bits per heavy atom. The molecule has 130 valence electrons. The van der Waals surface area contributed by atoms with Gasteiger partial charge in [0, 0.05) is 5.69 Å². The van der Waals surface area contributed by atoms with Crippen LogP contribution in [0.5, 0.6) is 0 Å². The number of hydrogen-bond acceptors (Lipinski definition) is 4. The second kappa shape index (κ2) is 6.43. The Bertz CT molecular complexity index is 798. The highest BCUT2D eigenvalue weighted by Gasteiger charge is 2.51. The van der Waals surface area contributed by atoms with Gasteiger partial charge in [-0.2, -0.15) is 0 Å². The van der Waals surface area contributed by atoms with Crippen molar-refractivity contribution in [3.8, 4) is 0 Å². The minimum Gasteiger partial charge on any atom is -0.466 e. The second-order valence-corrected chi connectivity index (χ2v) is 6.02. The first kappa shape index (κ1) is 16.8. The number of imide groups is 1. The van der Waals surface area contributed by atoms with Gasteiger partial charge in [-0.15, -0.1) is 0 Å². The van der Waals surface area contributed by atoms with E-state index >= 15 is 0 Å². The topological polar surface area (TPSA) is 91.7 Å². The van der Waals surface area contributed by atoms with Gasteiger partial charge in [-0.25, -0.2) is 4.79 Å². The smallest absolute Gasteiger partial charge is 0.325 e. The normalized spacial score (nSPS) is 19.8. The van der Waals surface area contributed by atoms with Crippen LogP contribution in [0.1, 0.15) is 25.2 Å². The Balaban J connectivity index is 1.68. The average molecular weight is 341 g/mol. The van der Waals surface area contributed by atoms with Crippen LogP contribution in [-0.4, -0.2) is 29.3 Å². The number of hydrogen-bond donors (Lipinski definition) is 2. The molecule has 1 aromatic carbocycles. The zero-order valence-corrected chi connectivity index (χ0v) is 14.0. The minimum atomic E-state index is -1.30. The van der Waals surface area contributed by atoms with Crippen LogP contribution < -0.4 is 10.6 Å². The lowest BCUT2D eigenvalue weighted by molar-refractivity contribution is -0.134. The maximum absolute atomic E-state index is 12.6. The van der Waals surface area contributed by atoms with Crippen molar-refractivity contribution in [1.82, 2.24) is 10.2 Å². The number of amides is 4. The fraction of sp³-hybridized carbons (Fsp3) is 0.278. The van der Waals surface area contributed by atoms with Crippen LogP contribution >= 0.6 is 0 Å². The van der Waals surface area contributed by atoms with Gasteiger partial charge in [0.25, 0.3) is 5.91 Å². The highest BCUT2D eigenvalue weighted by atomic mass is 16.3. The van der Waals surface area contributed by atoms with Gasteiger partial charge in [-0.05, 0) is 43.2 Å². The summed E-state index contributed by atoms with van der Waals surface area (Å²) in [6.45, 7) is 3.23. The molecule has 1 fully saturated rings. The van der Waals surface area contributed by atoms with Gasteiger partial charge >= 0.3 is 6.03 Å². The summed E-state index contributed by atoms with van der Waals surface area (Å²) >= 11 is 0. The monoisotopic (exact) mass is 341 g/mol. The van der Waals surface area contributed by atoms with E-state index in [0.29, 0.717) is 11.4 Å². The number of carbonyl (C=O) groups is 3. The van der Waals surface area contributed by atoms with Crippen molar-refractivity contribution in [1.29, 1.82) is 0 Å². The Kier molecular flexibility index (Phi) is 4.31. The first-order valence-electron chi connectivity index (χ1n) is 8.01. The van der Waals surface area contributed by atoms with E-state index in [1.165, 1.54) is 6.26 Å². The van der Waals surface area contributed by atoms with Crippen molar-refractivity contribution in [3.05, 3.63) is 54.0 Å². The average Bonchev–Trinajstić information content (AvgIpc) is 3.20. The van der Waals surface area contributed by atoms with E-state index in [9.17, 15) is 14.4 Å². The van der Waals surface area contributed by atoms with Gasteiger partial charge in [0.15, 0.2) is 5.54 Å². The maximum Gasteiger partial charge on any atom is 0.325 e. The van der Waals surface area contributed by atoms with Crippen LogP contribution in [0.15, 0.2) is 47.1 Å². The van der Waals surface area contributed by atoms with Crippen LogP contribution in [-0.2, 0) is 21.5 Å². The van der Waals surface area contributed by atoms with Gasteiger partial charge in [-0.3, -0.25) is 14.5 Å². The number of urea groups is 1. The Morgan fingerprint density at radius 3 is 2.56 bits per heavy atom. The first-order valence-corrected chi connectivity index (χ1v) is 8.01. The molecule has 1 atom stereocenters. The zero-order chi connectivity index (χ0) is 18.0. The second-order valence-electron chi connectivity index (χ2n) is 6.02. The van der Waals surface area contributed by atoms with E-state index in [1.807, 2.05) is 19.1 Å². The lowest BCUT2D eigenvalue weighted by Gasteiger charge is -2.18. The molecule has 7 nitrogen and oxygen atoms in total. The molecule has 25 heavy (non-hydrogen) atoms. The largest absolute Gasteiger partial charge is 0.466 e. The molecular weight excluding hydrogens is 322 g/mol. The van der Waals surface area contributed by atoms with Gasteiger partial charge in [0.2, 0.25) is 5.91 Å². The molecule has 1 saturated heterocycles. The molecule has 2 aromatic rings. The van der Waals surface area contributed by atoms with E-state index in [0.717, 1.165) is 16.9 Å². The van der Waals surface area contributed by atoms with Gasteiger partial charge in [-0.1, -0.05) is 19.1 Å². The fourth-order valence-corrected chi connectivity index (χ4v) is 2.74. The van der Waals surface area contributed by atoms with Crippen molar-refractivity contribution in [2.75, 3.05) is 11.9 Å². The summed E-state index contributed by atoms with van der Waals surface area (Å²) in [6, 6.07) is 10.0. The number of nitrogens with zero attached hydrogens (tertiary/aromatic N) is 1. The lowest BCUT2D eigenvalue weighted by atomic mass is 9.99. The minimum absolute atomic E-state index is 0.323. The molecule has 0 radical (unpaired) electrons. The molecule has 4 amide bonds. The van der Waals surface area contributed by atoms with Gasteiger partial charge < -0.3 is 15.1 Å². The third kappa shape index (κ3) is 3.13. The number of nitrogens with one attached hydrogen (secondary N) is 2. The summed E-state index contributed by atoms with van der Waals surface area (Å²) < 4.78 is 5.25. The molecule has 2 heterocycles. The molecule has 0 saturated carbocycles. The number of carbonyl (C=O) groups excluding carboxylic acids is 3. The van der Waals surface area contributed by atoms with Crippen molar-refractivity contribution in [2.24, 2.45) is 0 Å². The van der Waals surface area contributed by atoms with E-state index in [2.05, 4.69) is 10.6 Å². The molecule has 1 aliphatic rings. The maximum atomic E-state index is 12.6. The molecular formula is C18H19N3O4. The predicted octanol–water partition coefficient (Wildman–Crippen LogP) is 2.25. The Labute approximate surface area is 145 Å². The zero-order valence-electron chi connectivity index (χ0n) is 14.0. The molecule has 0 aliphatic carbocycles. The number of anilines is 1. The van der Waals surface area contributed by atoms with Gasteiger partial charge in [0.05, 0.1) is 6.26 Å². The third-order valence-electron chi connectivity index (χ3n) is 4.24. The number of rotatable bonds is 5. The van der Waals surface area contributed by atoms with Crippen LogP contribution in [0.3, 0.4) is 0 Å². The molecule has 0 spiro atoms. The molecule has 3 rings (SSSR count). The van der Waals surface area contributed by atoms with Crippen molar-refractivity contribution < 1.29 is 18.8 Å². The van der Waals surface area contributed by atoms with E-state index in [1.54, 1.807) is 31.2 Å². The standard InChI is InChI=1S/C18H19N3O4/c1-3-12-6-8-13(9-7-12)19-15(22)11-21-16(23)18(2,20-17(21)24)14-5-4-10-25-14/h4-10H,3,11H2,1-2H3,(H,19,22)(H,20,24)/t18-/m0/s1. The Morgan fingerprint density at radius 2 is 1.96 bits per heavy atom. The first-order chi connectivity index (χ1) is 11.9. The summed E-state index contributed by atoms with van der Waals surface area (Å²) in [4.78, 5) is 37.8. The lowest BCUT2D eigenvalue weighted by Crippen LogP contribution is -2.41. The SMILES string of the molecule is CCc1ccc(NC(=O)CN2C(=O)N[C@@](C)(c3ccco3)C2=O)cc1. The van der Waals surface area contributed by atoms with Crippen LogP contribution in [0.25, 0.3) is 0 Å². The van der Waals surface area contributed by atoms with Crippen molar-refractivity contribution in [3.63, 3.8) is 0 Å². The number of benzene rings is 1. The molecule has 1 aliphatic heterocycles. The van der Waals surface area contributed by atoms with Crippen LogP contribution in [0, 0.1) is 0 Å². The highest BCUT2D eigenvalue weighted by Crippen LogP contribution is 2.28.